The Bertz CT molecular complexity index is 681. The summed E-state index contributed by atoms with van der Waals surface area (Å²) in [5.41, 5.74) is 7.91. The first-order valence-corrected chi connectivity index (χ1v) is 7.51. The molecule has 1 aliphatic heterocycles. The van der Waals surface area contributed by atoms with Crippen LogP contribution in [0.1, 0.15) is 29.5 Å². The molecular weight excluding hydrogens is 278 g/mol. The molecule has 2 N–H and O–H groups in total. The Hall–Kier alpha value is -2.21. The van der Waals surface area contributed by atoms with E-state index in [4.69, 9.17) is 5.73 Å². The lowest BCUT2D eigenvalue weighted by molar-refractivity contribution is 0.0770. The van der Waals surface area contributed by atoms with Crippen LogP contribution in [0.3, 0.4) is 0 Å². The van der Waals surface area contributed by atoms with Gasteiger partial charge in [-0.25, -0.2) is 4.68 Å². The molecule has 1 atom stereocenters. The average Bonchev–Trinajstić information content (AvgIpc) is 3.12. The van der Waals surface area contributed by atoms with Gasteiger partial charge in [-0.3, -0.25) is 4.79 Å². The average molecular weight is 299 g/mol. The highest BCUT2D eigenvalue weighted by molar-refractivity contribution is 5.93. The summed E-state index contributed by atoms with van der Waals surface area (Å²) in [6, 6.07) is 9.70. The number of nitrogens with zero attached hydrogens (tertiary/aromatic N) is 4. The van der Waals surface area contributed by atoms with Crippen molar-refractivity contribution in [1.29, 1.82) is 0 Å². The molecule has 1 amide bonds. The molecule has 1 unspecified atom stereocenters. The van der Waals surface area contributed by atoms with E-state index in [9.17, 15) is 4.79 Å². The van der Waals surface area contributed by atoms with Crippen molar-refractivity contribution in [2.45, 2.75) is 20.3 Å². The van der Waals surface area contributed by atoms with Gasteiger partial charge in [0.15, 0.2) is 5.69 Å². The molecule has 1 aromatic carbocycles. The van der Waals surface area contributed by atoms with Crippen LogP contribution in [0.5, 0.6) is 0 Å². The van der Waals surface area contributed by atoms with Crippen molar-refractivity contribution in [3.63, 3.8) is 0 Å². The number of nitrogens with two attached hydrogens (primary N) is 1. The van der Waals surface area contributed by atoms with E-state index in [1.807, 2.05) is 42.2 Å². The molecule has 2 heterocycles. The molecule has 116 valence electrons. The van der Waals surface area contributed by atoms with Crippen LogP contribution >= 0.6 is 0 Å². The molecule has 0 radical (unpaired) electrons. The standard InChI is InChI=1S/C16H21N5O/c1-12-14(15(22)20-9-8-16(2,10-17)11-20)18-19-21(12)13-6-4-3-5-7-13/h3-7H,8-11,17H2,1-2H3. The van der Waals surface area contributed by atoms with Gasteiger partial charge in [0.25, 0.3) is 5.91 Å². The molecule has 1 aromatic heterocycles. The smallest absolute Gasteiger partial charge is 0.276 e. The summed E-state index contributed by atoms with van der Waals surface area (Å²) in [7, 11) is 0. The van der Waals surface area contributed by atoms with Crippen LogP contribution in [0.2, 0.25) is 0 Å². The van der Waals surface area contributed by atoms with E-state index in [2.05, 4.69) is 17.2 Å². The van der Waals surface area contributed by atoms with E-state index >= 15 is 0 Å². The maximum atomic E-state index is 12.7. The molecule has 0 aliphatic carbocycles. The normalized spacial score (nSPS) is 21.3. The fourth-order valence-electron chi connectivity index (χ4n) is 2.85. The third-order valence-electron chi connectivity index (χ3n) is 4.44. The lowest BCUT2D eigenvalue weighted by Gasteiger charge is -2.22. The number of rotatable bonds is 3. The number of likely N-dealkylation sites (tertiary alicyclic amines) is 1. The van der Waals surface area contributed by atoms with Crippen LogP contribution in [0.4, 0.5) is 0 Å². The van der Waals surface area contributed by atoms with Crippen LogP contribution in [-0.4, -0.2) is 45.4 Å². The minimum atomic E-state index is -0.0585. The van der Waals surface area contributed by atoms with Crippen molar-refractivity contribution in [2.75, 3.05) is 19.6 Å². The molecule has 2 aromatic rings. The number of amides is 1. The zero-order valence-electron chi connectivity index (χ0n) is 13.0. The Morgan fingerprint density at radius 2 is 2.09 bits per heavy atom. The van der Waals surface area contributed by atoms with Crippen molar-refractivity contribution < 1.29 is 4.79 Å². The first kappa shape index (κ1) is 14.7. The maximum absolute atomic E-state index is 12.7. The highest BCUT2D eigenvalue weighted by atomic mass is 16.2. The minimum absolute atomic E-state index is 0.0129. The van der Waals surface area contributed by atoms with Crippen LogP contribution in [0, 0.1) is 12.3 Å². The summed E-state index contributed by atoms with van der Waals surface area (Å²) in [5, 5.41) is 8.23. The molecule has 6 heteroatoms. The Morgan fingerprint density at radius 3 is 2.73 bits per heavy atom. The van der Waals surface area contributed by atoms with E-state index in [1.165, 1.54) is 0 Å². The number of hydrogen-bond acceptors (Lipinski definition) is 4. The number of para-hydroxylation sites is 1. The fraction of sp³-hybridized carbons (Fsp3) is 0.438. The van der Waals surface area contributed by atoms with Crippen molar-refractivity contribution in [3.05, 3.63) is 41.7 Å². The predicted molar refractivity (Wildman–Crippen MR) is 83.8 cm³/mol. The largest absolute Gasteiger partial charge is 0.337 e. The summed E-state index contributed by atoms with van der Waals surface area (Å²) in [4.78, 5) is 14.5. The first-order chi connectivity index (χ1) is 10.5. The number of carbonyl (C=O) groups excluding carboxylic acids is 1. The minimum Gasteiger partial charge on any atom is -0.337 e. The molecule has 22 heavy (non-hydrogen) atoms. The molecule has 1 saturated heterocycles. The second kappa shape index (κ2) is 5.53. The molecule has 0 spiro atoms. The van der Waals surface area contributed by atoms with E-state index < -0.39 is 0 Å². The molecule has 1 aliphatic rings. The Kier molecular flexibility index (Phi) is 3.70. The van der Waals surface area contributed by atoms with Crippen LogP contribution in [0.15, 0.2) is 30.3 Å². The summed E-state index contributed by atoms with van der Waals surface area (Å²) in [6.07, 6.45) is 0.932. The van der Waals surface area contributed by atoms with Gasteiger partial charge in [0, 0.05) is 13.1 Å². The lowest BCUT2D eigenvalue weighted by atomic mass is 9.90. The Balaban J connectivity index is 1.85. The van der Waals surface area contributed by atoms with Gasteiger partial charge in [-0.2, -0.15) is 0 Å². The Morgan fingerprint density at radius 1 is 1.36 bits per heavy atom. The zero-order valence-corrected chi connectivity index (χ0v) is 13.0. The topological polar surface area (TPSA) is 77.0 Å². The lowest BCUT2D eigenvalue weighted by Crippen LogP contribution is -2.35. The van der Waals surface area contributed by atoms with Crippen LogP contribution in [-0.2, 0) is 0 Å². The van der Waals surface area contributed by atoms with Gasteiger partial charge in [-0.15, -0.1) is 5.10 Å². The van der Waals surface area contributed by atoms with Gasteiger partial charge >= 0.3 is 0 Å². The maximum Gasteiger partial charge on any atom is 0.276 e. The number of hydrogen-bond donors (Lipinski definition) is 1. The summed E-state index contributed by atoms with van der Waals surface area (Å²) in [6.45, 7) is 5.99. The highest BCUT2D eigenvalue weighted by Crippen LogP contribution is 2.29. The van der Waals surface area contributed by atoms with E-state index in [0.29, 0.717) is 18.8 Å². The number of aromatic nitrogens is 3. The molecular formula is C16H21N5O. The third-order valence-corrected chi connectivity index (χ3v) is 4.44. The molecule has 1 fully saturated rings. The number of carbonyl (C=O) groups is 1. The second-order valence-electron chi connectivity index (χ2n) is 6.26. The van der Waals surface area contributed by atoms with Gasteiger partial charge in [0.2, 0.25) is 0 Å². The van der Waals surface area contributed by atoms with Crippen molar-refractivity contribution in [3.8, 4) is 5.69 Å². The van der Waals surface area contributed by atoms with Crippen molar-refractivity contribution >= 4 is 5.91 Å². The summed E-state index contributed by atoms with van der Waals surface area (Å²) in [5.74, 6) is -0.0585. The monoisotopic (exact) mass is 299 g/mol. The SMILES string of the molecule is Cc1c(C(=O)N2CCC(C)(CN)C2)nnn1-c1ccccc1. The van der Waals surface area contributed by atoms with Gasteiger partial charge in [0.1, 0.15) is 0 Å². The summed E-state index contributed by atoms with van der Waals surface area (Å²) < 4.78 is 1.70. The molecule has 0 bridgehead atoms. The van der Waals surface area contributed by atoms with E-state index in [1.54, 1.807) is 4.68 Å². The van der Waals surface area contributed by atoms with Crippen LogP contribution in [0.25, 0.3) is 5.69 Å². The quantitative estimate of drug-likeness (QED) is 0.929. The first-order valence-electron chi connectivity index (χ1n) is 7.51. The van der Waals surface area contributed by atoms with Gasteiger partial charge in [-0.05, 0) is 37.4 Å². The molecule has 6 nitrogen and oxygen atoms in total. The second-order valence-corrected chi connectivity index (χ2v) is 6.26. The van der Waals surface area contributed by atoms with Gasteiger partial charge in [0.05, 0.1) is 11.4 Å². The zero-order chi connectivity index (χ0) is 15.7. The van der Waals surface area contributed by atoms with E-state index in [0.717, 1.165) is 24.3 Å². The van der Waals surface area contributed by atoms with Crippen molar-refractivity contribution in [2.24, 2.45) is 11.1 Å². The number of benzene rings is 1. The van der Waals surface area contributed by atoms with Gasteiger partial charge < -0.3 is 10.6 Å². The Labute approximate surface area is 129 Å². The predicted octanol–water partition coefficient (Wildman–Crippen LogP) is 1.39. The van der Waals surface area contributed by atoms with Gasteiger partial charge in [-0.1, -0.05) is 30.3 Å². The summed E-state index contributed by atoms with van der Waals surface area (Å²) >= 11 is 0. The highest BCUT2D eigenvalue weighted by Gasteiger charge is 2.36. The molecule has 0 saturated carbocycles. The third kappa shape index (κ3) is 2.50. The van der Waals surface area contributed by atoms with Crippen LogP contribution < -0.4 is 5.73 Å². The van der Waals surface area contributed by atoms with Crippen molar-refractivity contribution in [1.82, 2.24) is 19.9 Å². The molecule has 3 rings (SSSR count). The van der Waals surface area contributed by atoms with E-state index in [-0.39, 0.29) is 11.3 Å². The fourth-order valence-corrected chi connectivity index (χ4v) is 2.85.